The van der Waals surface area contributed by atoms with E-state index in [1.807, 2.05) is 15.9 Å². The number of nitrogens with one attached hydrogen (secondary N) is 1. The van der Waals surface area contributed by atoms with Crippen molar-refractivity contribution in [2.45, 2.75) is 64.3 Å². The van der Waals surface area contributed by atoms with Crippen molar-refractivity contribution in [2.24, 2.45) is 5.92 Å². The molecule has 24 heavy (non-hydrogen) atoms. The van der Waals surface area contributed by atoms with Crippen LogP contribution in [0.5, 0.6) is 0 Å². The molecule has 0 spiro atoms. The highest BCUT2D eigenvalue weighted by Crippen LogP contribution is 2.39. The van der Waals surface area contributed by atoms with Crippen LogP contribution in [0, 0.1) is 5.92 Å². The summed E-state index contributed by atoms with van der Waals surface area (Å²) in [7, 11) is 0. The monoisotopic (exact) mass is 341 g/mol. The van der Waals surface area contributed by atoms with Crippen LogP contribution in [0.25, 0.3) is 15.9 Å². The number of nitrogens with zero attached hydrogens (tertiary/aromatic N) is 4. The summed E-state index contributed by atoms with van der Waals surface area (Å²) in [4.78, 5) is 12.2. The maximum absolute atomic E-state index is 4.97. The van der Waals surface area contributed by atoms with Gasteiger partial charge in [0.25, 0.3) is 0 Å². The zero-order valence-electron chi connectivity index (χ0n) is 14.1. The van der Waals surface area contributed by atoms with Crippen LogP contribution in [0.1, 0.15) is 55.9 Å². The Hall–Kier alpha value is -1.69. The molecule has 2 aliphatic carbocycles. The maximum atomic E-state index is 4.97. The fourth-order valence-corrected chi connectivity index (χ4v) is 5.50. The lowest BCUT2D eigenvalue weighted by Crippen LogP contribution is -2.24. The number of anilines is 1. The summed E-state index contributed by atoms with van der Waals surface area (Å²) in [5, 5.41) is 9.36. The van der Waals surface area contributed by atoms with Crippen LogP contribution in [0.3, 0.4) is 0 Å². The molecule has 1 saturated carbocycles. The molecule has 2 aliphatic rings. The number of aryl methyl sites for hydroxylation is 1. The summed E-state index contributed by atoms with van der Waals surface area (Å²) >= 11 is 1.86. The van der Waals surface area contributed by atoms with E-state index in [-0.39, 0.29) is 0 Å². The smallest absolute Gasteiger partial charge is 0.227 e. The molecule has 1 atom stereocenters. The molecule has 126 valence electrons. The minimum atomic E-state index is 0.519. The van der Waals surface area contributed by atoms with Crippen LogP contribution >= 0.6 is 11.3 Å². The first-order valence-corrected chi connectivity index (χ1v) is 10.0. The Bertz CT molecular complexity index is 890. The van der Waals surface area contributed by atoms with Gasteiger partial charge in [-0.1, -0.05) is 26.2 Å². The average Bonchev–Trinajstić information content (AvgIpc) is 3.19. The summed E-state index contributed by atoms with van der Waals surface area (Å²) in [6.07, 6.45) is 11.7. The Morgan fingerprint density at radius 3 is 2.96 bits per heavy atom. The Morgan fingerprint density at radius 2 is 2.08 bits per heavy atom. The molecule has 0 saturated heterocycles. The molecule has 1 unspecified atom stereocenters. The zero-order valence-corrected chi connectivity index (χ0v) is 14.9. The van der Waals surface area contributed by atoms with Gasteiger partial charge in [0.2, 0.25) is 5.95 Å². The topological polar surface area (TPSA) is 55.1 Å². The van der Waals surface area contributed by atoms with Gasteiger partial charge in [-0.25, -0.2) is 9.97 Å². The molecule has 1 fully saturated rings. The molecule has 0 radical (unpaired) electrons. The molecule has 5 rings (SSSR count). The van der Waals surface area contributed by atoms with E-state index < -0.39 is 0 Å². The summed E-state index contributed by atoms with van der Waals surface area (Å²) in [5.41, 5.74) is 2.45. The minimum absolute atomic E-state index is 0.519. The van der Waals surface area contributed by atoms with E-state index in [9.17, 15) is 0 Å². The highest BCUT2D eigenvalue weighted by molar-refractivity contribution is 7.19. The lowest BCUT2D eigenvalue weighted by molar-refractivity contribution is 0.460. The fraction of sp³-hybridized carbons (Fsp3) is 0.611. The van der Waals surface area contributed by atoms with Gasteiger partial charge in [0.1, 0.15) is 11.2 Å². The van der Waals surface area contributed by atoms with Gasteiger partial charge in [-0.05, 0) is 43.6 Å². The third-order valence-electron chi connectivity index (χ3n) is 5.61. The van der Waals surface area contributed by atoms with Gasteiger partial charge < -0.3 is 5.32 Å². The number of aromatic nitrogens is 4. The molecule has 1 N–H and O–H groups in total. The Labute approximate surface area is 145 Å². The van der Waals surface area contributed by atoms with E-state index in [1.54, 1.807) is 6.33 Å². The van der Waals surface area contributed by atoms with E-state index in [4.69, 9.17) is 4.98 Å². The summed E-state index contributed by atoms with van der Waals surface area (Å²) in [6, 6.07) is 0.519. The van der Waals surface area contributed by atoms with E-state index in [2.05, 4.69) is 22.3 Å². The molecule has 0 amide bonds. The van der Waals surface area contributed by atoms with Crippen molar-refractivity contribution in [3.05, 3.63) is 16.8 Å². The number of hydrogen-bond donors (Lipinski definition) is 1. The van der Waals surface area contributed by atoms with Crippen LogP contribution in [0.15, 0.2) is 6.33 Å². The van der Waals surface area contributed by atoms with Crippen molar-refractivity contribution in [1.82, 2.24) is 19.6 Å². The van der Waals surface area contributed by atoms with Gasteiger partial charge in [-0.3, -0.25) is 0 Å². The summed E-state index contributed by atoms with van der Waals surface area (Å²) < 4.78 is 1.92. The van der Waals surface area contributed by atoms with Gasteiger partial charge in [-0.15, -0.1) is 11.3 Å². The fourth-order valence-electron chi connectivity index (χ4n) is 4.29. The molecule has 0 aliphatic heterocycles. The predicted octanol–water partition coefficient (Wildman–Crippen LogP) is 4.21. The normalized spacial score (nSPS) is 22.1. The standard InChI is InChI=1S/C18H23N5S/c1-11-7-8-14-13(9-11)15-16-19-10-20-23(16)18(22-17(15)24-14)21-12-5-3-2-4-6-12/h10-12H,2-9H2,1H3,(H,21,22). The van der Waals surface area contributed by atoms with Crippen molar-refractivity contribution < 1.29 is 0 Å². The minimum Gasteiger partial charge on any atom is -0.351 e. The van der Waals surface area contributed by atoms with Crippen LogP contribution in [-0.4, -0.2) is 25.6 Å². The molecular weight excluding hydrogens is 318 g/mol. The molecular formula is C18H23N5S. The quantitative estimate of drug-likeness (QED) is 0.759. The summed E-state index contributed by atoms with van der Waals surface area (Å²) in [6.45, 7) is 2.35. The van der Waals surface area contributed by atoms with Crippen molar-refractivity contribution in [3.8, 4) is 0 Å². The Balaban J connectivity index is 1.64. The molecule has 3 heterocycles. The third-order valence-corrected chi connectivity index (χ3v) is 6.79. The van der Waals surface area contributed by atoms with E-state index >= 15 is 0 Å². The van der Waals surface area contributed by atoms with Crippen molar-refractivity contribution in [3.63, 3.8) is 0 Å². The highest BCUT2D eigenvalue weighted by atomic mass is 32.1. The first kappa shape index (κ1) is 14.6. The lowest BCUT2D eigenvalue weighted by atomic mass is 9.89. The second-order valence-electron chi connectivity index (χ2n) is 7.44. The molecule has 0 aromatic carbocycles. The van der Waals surface area contributed by atoms with Crippen LogP contribution in [0.2, 0.25) is 0 Å². The van der Waals surface area contributed by atoms with Crippen LogP contribution in [-0.2, 0) is 12.8 Å². The number of rotatable bonds is 2. The average molecular weight is 341 g/mol. The van der Waals surface area contributed by atoms with E-state index in [1.165, 1.54) is 60.8 Å². The number of fused-ring (bicyclic) bond motifs is 5. The first-order chi connectivity index (χ1) is 11.8. The van der Waals surface area contributed by atoms with Crippen LogP contribution < -0.4 is 5.32 Å². The molecule has 6 heteroatoms. The van der Waals surface area contributed by atoms with Gasteiger partial charge in [0, 0.05) is 10.9 Å². The van der Waals surface area contributed by atoms with Crippen molar-refractivity contribution in [2.75, 3.05) is 5.32 Å². The van der Waals surface area contributed by atoms with Gasteiger partial charge in [0.15, 0.2) is 5.65 Å². The zero-order chi connectivity index (χ0) is 16.1. The maximum Gasteiger partial charge on any atom is 0.227 e. The van der Waals surface area contributed by atoms with E-state index in [0.29, 0.717) is 6.04 Å². The van der Waals surface area contributed by atoms with Gasteiger partial charge >= 0.3 is 0 Å². The Morgan fingerprint density at radius 1 is 1.21 bits per heavy atom. The molecule has 5 nitrogen and oxygen atoms in total. The van der Waals surface area contributed by atoms with Gasteiger partial charge in [0.05, 0.1) is 5.39 Å². The summed E-state index contributed by atoms with van der Waals surface area (Å²) in [5.74, 6) is 1.62. The Kier molecular flexibility index (Phi) is 3.47. The van der Waals surface area contributed by atoms with Crippen molar-refractivity contribution >= 4 is 33.1 Å². The molecule has 3 aromatic rings. The van der Waals surface area contributed by atoms with Crippen LogP contribution in [0.4, 0.5) is 5.95 Å². The second-order valence-corrected chi connectivity index (χ2v) is 8.53. The van der Waals surface area contributed by atoms with Gasteiger partial charge in [-0.2, -0.15) is 9.61 Å². The largest absolute Gasteiger partial charge is 0.351 e. The van der Waals surface area contributed by atoms with Crippen molar-refractivity contribution in [1.29, 1.82) is 0 Å². The predicted molar refractivity (Wildman–Crippen MR) is 97.8 cm³/mol. The highest BCUT2D eigenvalue weighted by Gasteiger charge is 2.25. The lowest BCUT2D eigenvalue weighted by Gasteiger charge is -2.23. The first-order valence-electron chi connectivity index (χ1n) is 9.20. The third kappa shape index (κ3) is 2.31. The number of hydrogen-bond acceptors (Lipinski definition) is 5. The molecule has 0 bridgehead atoms. The SMILES string of the molecule is CC1CCc2sc3nc(NC4CCCCC4)n4ncnc4c3c2C1. The molecule has 3 aromatic heterocycles. The number of thiophene rings is 1. The van der Waals surface area contributed by atoms with E-state index in [0.717, 1.165) is 28.8 Å². The second kappa shape index (κ2) is 5.69.